The van der Waals surface area contributed by atoms with Crippen LogP contribution >= 0.6 is 51.8 Å². The van der Waals surface area contributed by atoms with Crippen molar-refractivity contribution in [3.63, 3.8) is 0 Å². The highest BCUT2D eigenvalue weighted by atomic mass is 79.9. The number of carbonyl (C=O) groups excluding carboxylic acids is 1. The number of carbonyl (C=O) groups is 1. The van der Waals surface area contributed by atoms with Gasteiger partial charge in [0.25, 0.3) is 0 Å². The largest absolute Gasteiger partial charge is 0.473 e. The van der Waals surface area contributed by atoms with Crippen molar-refractivity contribution in [1.29, 1.82) is 0 Å². The maximum atomic E-state index is 12.1. The minimum absolute atomic E-state index is 0. The number of nitrogens with zero attached hydrogens (tertiary/aromatic N) is 1. The molecule has 0 saturated heterocycles. The zero-order chi connectivity index (χ0) is 13.4. The predicted molar refractivity (Wildman–Crippen MR) is 69.5 cm³/mol. The van der Waals surface area contributed by atoms with Gasteiger partial charge in [-0.1, -0.05) is 34.8 Å². The van der Waals surface area contributed by atoms with Crippen molar-refractivity contribution in [2.45, 2.75) is 6.18 Å². The Labute approximate surface area is 125 Å². The second kappa shape index (κ2) is 6.29. The fraction of sp³-hybridized carbons (Fsp3) is 0.125. The molecule has 0 unspecified atom stereocenters. The van der Waals surface area contributed by atoms with E-state index in [0.29, 0.717) is 0 Å². The summed E-state index contributed by atoms with van der Waals surface area (Å²) in [5, 5.41) is -0.581. The third kappa shape index (κ3) is 3.89. The Morgan fingerprint density at radius 1 is 1.17 bits per heavy atom. The second-order valence-corrected chi connectivity index (χ2v) is 4.14. The van der Waals surface area contributed by atoms with Crippen LogP contribution in [0.25, 0.3) is 0 Å². The Morgan fingerprint density at radius 2 is 1.56 bits per heavy atom. The van der Waals surface area contributed by atoms with Crippen LogP contribution < -0.4 is 10.9 Å². The van der Waals surface area contributed by atoms with Gasteiger partial charge in [-0.05, 0) is 12.1 Å². The summed E-state index contributed by atoms with van der Waals surface area (Å²) in [7, 11) is 0. The Balaban J connectivity index is 0.00000289. The van der Waals surface area contributed by atoms with Crippen molar-refractivity contribution in [2.24, 2.45) is 5.84 Å². The number of nitrogens with two attached hydrogens (primary N) is 1. The molecule has 0 aliphatic rings. The number of halogens is 7. The Hall–Kier alpha value is -0.210. The molecule has 2 N–H and O–H groups in total. The molecule has 1 rings (SSSR count). The van der Waals surface area contributed by atoms with Gasteiger partial charge in [0, 0.05) is 5.02 Å². The molecule has 0 aliphatic carbocycles. The van der Waals surface area contributed by atoms with Crippen molar-refractivity contribution in [3.8, 4) is 0 Å². The highest BCUT2D eigenvalue weighted by molar-refractivity contribution is 8.93. The minimum Gasteiger partial charge on any atom is -0.262 e. The van der Waals surface area contributed by atoms with E-state index < -0.39 is 17.8 Å². The summed E-state index contributed by atoms with van der Waals surface area (Å²) >= 11 is 16.8. The molecular weight excluding hydrogens is 383 g/mol. The third-order valence-corrected chi connectivity index (χ3v) is 2.48. The lowest BCUT2D eigenvalue weighted by molar-refractivity contribution is -0.170. The van der Waals surface area contributed by atoms with E-state index in [9.17, 15) is 18.0 Å². The summed E-state index contributed by atoms with van der Waals surface area (Å²) in [6.07, 6.45) is -5.12. The molecule has 0 aromatic heterocycles. The van der Waals surface area contributed by atoms with Crippen LogP contribution in [0.2, 0.25) is 15.1 Å². The minimum atomic E-state index is -5.12. The van der Waals surface area contributed by atoms with Gasteiger partial charge in [-0.25, -0.2) is 10.9 Å². The number of hydrogen-bond acceptors (Lipinski definition) is 2. The van der Waals surface area contributed by atoms with E-state index in [2.05, 4.69) is 0 Å². The fourth-order valence-corrected chi connectivity index (χ4v) is 2.00. The number of benzene rings is 1. The molecule has 0 saturated carbocycles. The first-order valence-corrected chi connectivity index (χ1v) is 5.08. The summed E-state index contributed by atoms with van der Waals surface area (Å²) in [5.41, 5.74) is -0.458. The Kier molecular flexibility index (Phi) is 6.22. The van der Waals surface area contributed by atoms with Crippen molar-refractivity contribution in [2.75, 3.05) is 5.01 Å². The summed E-state index contributed by atoms with van der Waals surface area (Å²) in [6.45, 7) is 0. The zero-order valence-corrected chi connectivity index (χ0v) is 12.2. The van der Waals surface area contributed by atoms with Gasteiger partial charge < -0.3 is 0 Å². The second-order valence-electron chi connectivity index (χ2n) is 2.89. The van der Waals surface area contributed by atoms with Crippen LogP contribution in [0.3, 0.4) is 0 Å². The van der Waals surface area contributed by atoms with Gasteiger partial charge in [0.1, 0.15) is 0 Å². The van der Waals surface area contributed by atoms with Crippen molar-refractivity contribution < 1.29 is 18.0 Å². The molecular formula is C8H5BrCl3F3N2O. The van der Waals surface area contributed by atoms with Gasteiger partial charge in [-0.15, -0.1) is 17.0 Å². The Bertz CT molecular complexity index is 446. The molecule has 0 bridgehead atoms. The highest BCUT2D eigenvalue weighted by Crippen LogP contribution is 2.36. The monoisotopic (exact) mass is 386 g/mol. The first-order valence-electron chi connectivity index (χ1n) is 3.95. The van der Waals surface area contributed by atoms with Gasteiger partial charge in [-0.2, -0.15) is 13.2 Å². The SMILES string of the molecule is Br.NN(C(=O)C(F)(F)F)c1c(Cl)cc(Cl)cc1Cl. The first kappa shape index (κ1) is 17.8. The fourth-order valence-electron chi connectivity index (χ4n) is 1.00. The number of rotatable bonds is 1. The van der Waals surface area contributed by atoms with Crippen molar-refractivity contribution in [1.82, 2.24) is 0 Å². The van der Waals surface area contributed by atoms with Crippen molar-refractivity contribution >= 4 is 63.4 Å². The third-order valence-electron chi connectivity index (χ3n) is 1.68. The predicted octanol–water partition coefficient (Wildman–Crippen LogP) is 3.99. The van der Waals surface area contributed by atoms with Crippen LogP contribution in [0.1, 0.15) is 0 Å². The van der Waals surface area contributed by atoms with Crippen LogP contribution in [0, 0.1) is 0 Å². The molecule has 0 heterocycles. The maximum Gasteiger partial charge on any atom is 0.473 e. The van der Waals surface area contributed by atoms with Gasteiger partial charge in [0.05, 0.1) is 15.7 Å². The van der Waals surface area contributed by atoms with Crippen LogP contribution in [0.4, 0.5) is 18.9 Å². The van der Waals surface area contributed by atoms with E-state index in [0.717, 1.165) is 12.1 Å². The summed E-state index contributed by atoms with van der Waals surface area (Å²) in [4.78, 5) is 10.9. The van der Waals surface area contributed by atoms with Crippen LogP contribution in [-0.4, -0.2) is 12.1 Å². The number of amides is 1. The number of hydrogen-bond donors (Lipinski definition) is 1. The number of alkyl halides is 3. The maximum absolute atomic E-state index is 12.1. The van der Waals surface area contributed by atoms with E-state index >= 15 is 0 Å². The summed E-state index contributed by atoms with van der Waals surface area (Å²) < 4.78 is 36.4. The molecule has 0 atom stereocenters. The normalized spacial score (nSPS) is 10.8. The first-order chi connectivity index (χ1) is 7.64. The topological polar surface area (TPSA) is 46.3 Å². The zero-order valence-electron chi connectivity index (χ0n) is 8.26. The molecule has 10 heteroatoms. The molecule has 0 radical (unpaired) electrons. The lowest BCUT2D eigenvalue weighted by Crippen LogP contribution is -2.46. The quantitative estimate of drug-likeness (QED) is 0.449. The molecule has 0 aliphatic heterocycles. The lowest BCUT2D eigenvalue weighted by Gasteiger charge is -2.20. The lowest BCUT2D eigenvalue weighted by atomic mass is 10.3. The molecule has 1 aromatic carbocycles. The van der Waals surface area contributed by atoms with Crippen LogP contribution in [0.5, 0.6) is 0 Å². The van der Waals surface area contributed by atoms with Crippen LogP contribution in [-0.2, 0) is 4.79 Å². The van der Waals surface area contributed by atoms with Gasteiger partial charge >= 0.3 is 12.1 Å². The number of anilines is 1. The van der Waals surface area contributed by atoms with E-state index in [-0.39, 0.29) is 37.1 Å². The van der Waals surface area contributed by atoms with E-state index in [1.54, 1.807) is 0 Å². The molecule has 3 nitrogen and oxygen atoms in total. The van der Waals surface area contributed by atoms with E-state index in [4.69, 9.17) is 40.6 Å². The average molecular weight is 388 g/mol. The molecule has 0 fully saturated rings. The average Bonchev–Trinajstić information content (AvgIpc) is 2.13. The molecule has 1 amide bonds. The van der Waals surface area contributed by atoms with Gasteiger partial charge in [0.2, 0.25) is 0 Å². The van der Waals surface area contributed by atoms with Gasteiger partial charge in [-0.3, -0.25) is 4.79 Å². The Morgan fingerprint density at radius 3 is 1.89 bits per heavy atom. The molecule has 0 spiro atoms. The standard InChI is InChI=1S/C8H4Cl3F3N2O.BrH/c9-3-1-4(10)6(5(11)2-3)16(15)7(17)8(12,13)14;/h1-2H,15H2;1H. The smallest absolute Gasteiger partial charge is 0.262 e. The molecule has 102 valence electrons. The molecule has 18 heavy (non-hydrogen) atoms. The summed E-state index contributed by atoms with van der Waals surface area (Å²) in [5.74, 6) is 2.74. The molecule has 1 aromatic rings. The number of hydrazine groups is 1. The van der Waals surface area contributed by atoms with Gasteiger partial charge in [0.15, 0.2) is 0 Å². The van der Waals surface area contributed by atoms with E-state index in [1.807, 2.05) is 0 Å². The van der Waals surface area contributed by atoms with E-state index in [1.165, 1.54) is 0 Å². The highest BCUT2D eigenvalue weighted by Gasteiger charge is 2.43. The summed E-state index contributed by atoms with van der Waals surface area (Å²) in [6, 6.07) is 2.24. The van der Waals surface area contributed by atoms with Crippen molar-refractivity contribution in [3.05, 3.63) is 27.2 Å². The van der Waals surface area contributed by atoms with Crippen LogP contribution in [0.15, 0.2) is 12.1 Å².